The van der Waals surface area contributed by atoms with Crippen molar-refractivity contribution in [3.05, 3.63) is 66.5 Å². The molecule has 1 aliphatic rings. The summed E-state index contributed by atoms with van der Waals surface area (Å²) in [6, 6.07) is 15.3. The van der Waals surface area contributed by atoms with Gasteiger partial charge in [-0.05, 0) is 44.4 Å². The molecular weight excluding hydrogens is 434 g/mol. The molecule has 5 rings (SSSR count). The van der Waals surface area contributed by atoms with Gasteiger partial charge in [-0.15, -0.1) is 11.8 Å². The molecule has 1 fully saturated rings. The van der Waals surface area contributed by atoms with Crippen LogP contribution in [0, 0.1) is 0 Å². The Hall–Kier alpha value is -3.23. The second-order valence-corrected chi connectivity index (χ2v) is 9.61. The van der Waals surface area contributed by atoms with Gasteiger partial charge in [-0.2, -0.15) is 0 Å². The zero-order valence-corrected chi connectivity index (χ0v) is 19.6. The molecule has 8 heteroatoms. The highest BCUT2D eigenvalue weighted by molar-refractivity contribution is 7.99. The number of H-pyrrole nitrogens is 1. The number of para-hydroxylation sites is 1. The first kappa shape index (κ1) is 21.6. The Kier molecular flexibility index (Phi) is 5.86. The van der Waals surface area contributed by atoms with Gasteiger partial charge < -0.3 is 24.7 Å². The van der Waals surface area contributed by atoms with Crippen LogP contribution in [-0.2, 0) is 11.3 Å². The number of rotatable bonds is 6. The summed E-state index contributed by atoms with van der Waals surface area (Å²) in [4.78, 5) is 33.4. The van der Waals surface area contributed by atoms with E-state index in [1.165, 1.54) is 0 Å². The number of aromatic nitrogens is 2. The fourth-order valence-corrected chi connectivity index (χ4v) is 5.42. The van der Waals surface area contributed by atoms with Crippen molar-refractivity contribution >= 4 is 51.1 Å². The molecule has 33 heavy (non-hydrogen) atoms. The van der Waals surface area contributed by atoms with Crippen molar-refractivity contribution in [1.82, 2.24) is 19.4 Å². The van der Waals surface area contributed by atoms with E-state index in [0.717, 1.165) is 40.6 Å². The number of aromatic amines is 1. The van der Waals surface area contributed by atoms with Crippen LogP contribution in [0.25, 0.3) is 21.8 Å². The number of carbonyl (C=O) groups is 2. The van der Waals surface area contributed by atoms with E-state index in [-0.39, 0.29) is 11.8 Å². The highest BCUT2D eigenvalue weighted by Crippen LogP contribution is 2.28. The first-order valence-electron chi connectivity index (χ1n) is 11.0. The van der Waals surface area contributed by atoms with Gasteiger partial charge >= 0.3 is 0 Å². The summed E-state index contributed by atoms with van der Waals surface area (Å²) in [7, 11) is 4.13. The number of benzene rings is 2. The number of amides is 2. The predicted molar refractivity (Wildman–Crippen MR) is 135 cm³/mol. The summed E-state index contributed by atoms with van der Waals surface area (Å²) in [5, 5.41) is 4.99. The topological polar surface area (TPSA) is 73.4 Å². The number of likely N-dealkylation sites (N-methyl/N-ethyl adjacent to an activating group) is 1. The van der Waals surface area contributed by atoms with Crippen LogP contribution in [0.2, 0.25) is 0 Å². The molecule has 1 saturated heterocycles. The predicted octanol–water partition coefficient (Wildman–Crippen LogP) is 3.84. The lowest BCUT2D eigenvalue weighted by atomic mass is 10.1. The van der Waals surface area contributed by atoms with E-state index in [1.807, 2.05) is 42.5 Å². The number of carbonyl (C=O) groups excluding carboxylic acids is 2. The minimum atomic E-state index is -0.503. The highest BCUT2D eigenvalue weighted by Gasteiger charge is 2.36. The minimum Gasteiger partial charge on any atom is -0.360 e. The quantitative estimate of drug-likeness (QED) is 0.458. The molecule has 2 N–H and O–H groups in total. The molecule has 170 valence electrons. The lowest BCUT2D eigenvalue weighted by molar-refractivity contribution is -0.119. The molecule has 0 saturated carbocycles. The molecule has 3 heterocycles. The maximum atomic E-state index is 13.3. The highest BCUT2D eigenvalue weighted by atomic mass is 32.2. The Labute approximate surface area is 196 Å². The van der Waals surface area contributed by atoms with Crippen molar-refractivity contribution in [2.75, 3.05) is 37.6 Å². The second kappa shape index (κ2) is 8.96. The van der Waals surface area contributed by atoms with Crippen molar-refractivity contribution in [2.24, 2.45) is 0 Å². The molecular formula is C25H27N5O2S. The van der Waals surface area contributed by atoms with Gasteiger partial charge in [-0.25, -0.2) is 0 Å². The molecule has 0 bridgehead atoms. The Morgan fingerprint density at radius 1 is 1.18 bits per heavy atom. The van der Waals surface area contributed by atoms with Gasteiger partial charge in [0, 0.05) is 58.7 Å². The van der Waals surface area contributed by atoms with Crippen LogP contribution in [0.4, 0.5) is 5.69 Å². The molecule has 7 nitrogen and oxygen atoms in total. The van der Waals surface area contributed by atoms with Crippen LogP contribution < -0.4 is 5.32 Å². The lowest BCUT2D eigenvalue weighted by Gasteiger charge is -2.23. The summed E-state index contributed by atoms with van der Waals surface area (Å²) in [6.45, 7) is 1.87. The van der Waals surface area contributed by atoms with E-state index < -0.39 is 6.04 Å². The molecule has 2 aromatic heterocycles. The summed E-state index contributed by atoms with van der Waals surface area (Å²) < 4.78 is 2.22. The van der Waals surface area contributed by atoms with E-state index >= 15 is 0 Å². The van der Waals surface area contributed by atoms with Gasteiger partial charge in [-0.1, -0.05) is 18.2 Å². The van der Waals surface area contributed by atoms with Crippen molar-refractivity contribution in [2.45, 2.75) is 12.6 Å². The zero-order chi connectivity index (χ0) is 22.9. The van der Waals surface area contributed by atoms with Gasteiger partial charge in [0.05, 0.1) is 11.4 Å². The molecule has 0 unspecified atom stereocenters. The first-order chi connectivity index (χ1) is 16.0. The molecule has 0 aliphatic carbocycles. The Morgan fingerprint density at radius 2 is 2.03 bits per heavy atom. The molecule has 2 aromatic carbocycles. The maximum Gasteiger partial charge on any atom is 0.257 e. The smallest absolute Gasteiger partial charge is 0.257 e. The SMILES string of the molecule is CN(C)CCn1ccc2cc(NC(=O)[C@H]3CSCN3C(=O)c3c[nH]c4ccccc34)ccc21. The zero-order valence-electron chi connectivity index (χ0n) is 18.7. The number of anilines is 1. The molecule has 4 aromatic rings. The summed E-state index contributed by atoms with van der Waals surface area (Å²) in [6.07, 6.45) is 3.81. The van der Waals surface area contributed by atoms with E-state index in [0.29, 0.717) is 17.2 Å². The fourth-order valence-electron chi connectivity index (χ4n) is 4.27. The minimum absolute atomic E-state index is 0.119. The van der Waals surface area contributed by atoms with Crippen LogP contribution >= 0.6 is 11.8 Å². The van der Waals surface area contributed by atoms with Gasteiger partial charge in [0.25, 0.3) is 5.91 Å². The molecule has 1 aliphatic heterocycles. The van der Waals surface area contributed by atoms with E-state index in [4.69, 9.17) is 0 Å². The van der Waals surface area contributed by atoms with Crippen molar-refractivity contribution in [3.8, 4) is 0 Å². The van der Waals surface area contributed by atoms with Crippen molar-refractivity contribution in [3.63, 3.8) is 0 Å². The summed E-state index contributed by atoms with van der Waals surface area (Å²) in [5.74, 6) is 0.818. The normalized spacial score (nSPS) is 16.2. The van der Waals surface area contributed by atoms with E-state index in [2.05, 4.69) is 46.1 Å². The third kappa shape index (κ3) is 4.24. The average molecular weight is 462 g/mol. The largest absolute Gasteiger partial charge is 0.360 e. The molecule has 0 radical (unpaired) electrons. The van der Waals surface area contributed by atoms with Crippen LogP contribution in [-0.4, -0.2) is 69.5 Å². The monoisotopic (exact) mass is 461 g/mol. The van der Waals surface area contributed by atoms with Crippen LogP contribution in [0.15, 0.2) is 60.9 Å². The third-order valence-corrected chi connectivity index (χ3v) is 7.10. The van der Waals surface area contributed by atoms with Crippen molar-refractivity contribution in [1.29, 1.82) is 0 Å². The van der Waals surface area contributed by atoms with Gasteiger partial charge in [0.15, 0.2) is 0 Å². The number of thioether (sulfide) groups is 1. The van der Waals surface area contributed by atoms with E-state index in [1.54, 1.807) is 22.9 Å². The number of hydrogen-bond acceptors (Lipinski definition) is 4. The number of hydrogen-bond donors (Lipinski definition) is 2. The van der Waals surface area contributed by atoms with Gasteiger partial charge in [0.2, 0.25) is 5.91 Å². The van der Waals surface area contributed by atoms with Crippen LogP contribution in [0.5, 0.6) is 0 Å². The van der Waals surface area contributed by atoms with Crippen molar-refractivity contribution < 1.29 is 9.59 Å². The molecule has 0 spiro atoms. The lowest BCUT2D eigenvalue weighted by Crippen LogP contribution is -2.44. The fraction of sp³-hybridized carbons (Fsp3) is 0.280. The Morgan fingerprint density at radius 3 is 2.88 bits per heavy atom. The van der Waals surface area contributed by atoms with E-state index in [9.17, 15) is 9.59 Å². The average Bonchev–Trinajstić information content (AvgIpc) is 3.55. The number of nitrogens with zero attached hydrogens (tertiary/aromatic N) is 3. The standard InChI is InChI=1S/C25H27N5O2S/c1-28(2)11-12-29-10-9-17-13-18(7-8-22(17)29)27-24(31)23-15-33-16-30(23)25(32)20-14-26-21-6-4-3-5-19(20)21/h3-10,13-14,23,26H,11-12,15-16H2,1-2H3,(H,27,31)/t23-/m1/s1. The van der Waals surface area contributed by atoms with Crippen LogP contribution in [0.1, 0.15) is 10.4 Å². The Balaban J connectivity index is 1.31. The van der Waals surface area contributed by atoms with Gasteiger partial charge in [0.1, 0.15) is 6.04 Å². The van der Waals surface area contributed by atoms with Gasteiger partial charge in [-0.3, -0.25) is 9.59 Å². The number of fused-ring (bicyclic) bond motifs is 2. The third-order valence-electron chi connectivity index (χ3n) is 6.09. The molecule has 1 atom stereocenters. The second-order valence-electron chi connectivity index (χ2n) is 8.61. The molecule has 2 amide bonds. The number of nitrogens with one attached hydrogen (secondary N) is 2. The first-order valence-corrected chi connectivity index (χ1v) is 12.2. The summed E-state index contributed by atoms with van der Waals surface area (Å²) >= 11 is 1.60. The summed E-state index contributed by atoms with van der Waals surface area (Å²) in [5.41, 5.74) is 3.41. The van der Waals surface area contributed by atoms with Crippen LogP contribution in [0.3, 0.4) is 0 Å². The Bertz CT molecular complexity index is 1320. The maximum absolute atomic E-state index is 13.3.